The second kappa shape index (κ2) is 11.3. The Kier molecular flexibility index (Phi) is 7.66. The first-order valence-corrected chi connectivity index (χ1v) is 12.6. The molecule has 0 spiro atoms. The molecular formula is C28H32N4O5. The second-order valence-corrected chi connectivity index (χ2v) is 9.58. The Morgan fingerprint density at radius 1 is 0.946 bits per heavy atom. The van der Waals surface area contributed by atoms with Gasteiger partial charge in [-0.25, -0.2) is 0 Å². The summed E-state index contributed by atoms with van der Waals surface area (Å²) in [6, 6.07) is 22.2. The first-order chi connectivity index (χ1) is 18.0. The van der Waals surface area contributed by atoms with Gasteiger partial charge in [0.25, 0.3) is 5.69 Å². The summed E-state index contributed by atoms with van der Waals surface area (Å²) in [5, 5.41) is 20.3. The van der Waals surface area contributed by atoms with E-state index in [4.69, 9.17) is 15.2 Å². The smallest absolute Gasteiger partial charge is 0.269 e. The molecule has 9 heteroatoms. The van der Waals surface area contributed by atoms with E-state index in [0.717, 1.165) is 61.5 Å². The molecule has 2 saturated heterocycles. The summed E-state index contributed by atoms with van der Waals surface area (Å²) < 4.78 is 12.8. The molecule has 2 fully saturated rings. The Morgan fingerprint density at radius 2 is 1.68 bits per heavy atom. The summed E-state index contributed by atoms with van der Waals surface area (Å²) in [5.41, 5.74) is 10.6. The number of anilines is 2. The Balaban J connectivity index is 1.25. The minimum absolute atomic E-state index is 0.00923. The number of hydrogen-bond acceptors (Lipinski definition) is 8. The predicted molar refractivity (Wildman–Crippen MR) is 141 cm³/mol. The van der Waals surface area contributed by atoms with Crippen molar-refractivity contribution in [1.29, 1.82) is 0 Å². The molecule has 5 rings (SSSR count). The number of ether oxygens (including phenoxy) is 2. The van der Waals surface area contributed by atoms with Crippen molar-refractivity contribution in [2.45, 2.75) is 31.5 Å². The number of non-ortho nitro benzene ring substituents is 1. The summed E-state index contributed by atoms with van der Waals surface area (Å²) in [7, 11) is 0. The lowest BCUT2D eigenvalue weighted by atomic mass is 9.99. The number of rotatable bonds is 7. The fraction of sp³-hybridized carbons (Fsp3) is 0.357. The van der Waals surface area contributed by atoms with Gasteiger partial charge < -0.3 is 25.2 Å². The molecule has 2 aliphatic rings. The number of nitro groups is 1. The normalized spacial score (nSPS) is 22.6. The summed E-state index contributed by atoms with van der Waals surface area (Å²) >= 11 is 0. The van der Waals surface area contributed by atoms with Crippen molar-refractivity contribution in [3.05, 3.63) is 99.6 Å². The molecule has 0 saturated carbocycles. The number of aliphatic hydroxyl groups is 1. The molecule has 0 radical (unpaired) electrons. The molecule has 0 aromatic heterocycles. The largest absolute Gasteiger partial charge is 0.399 e. The Hall–Kier alpha value is -3.50. The van der Waals surface area contributed by atoms with Crippen LogP contribution in [0, 0.1) is 10.1 Å². The van der Waals surface area contributed by atoms with E-state index < -0.39 is 6.29 Å². The standard InChI is InChI=1S/C28H32N4O5/c29-23-3-1-2-22(16-23)28-36-26(17-27(37-28)21-6-4-20(19-33)5-7-21)18-30-12-14-31(15-13-30)24-8-10-25(11-9-24)32(34)35/h1-11,16,26-28,33H,12-15,17-19,29H2/t26-,27+,28+/m0/s1. The highest BCUT2D eigenvalue weighted by Crippen LogP contribution is 2.38. The van der Waals surface area contributed by atoms with Crippen LogP contribution in [0.2, 0.25) is 0 Å². The number of hydrogen-bond donors (Lipinski definition) is 2. The van der Waals surface area contributed by atoms with Crippen molar-refractivity contribution in [2.24, 2.45) is 0 Å². The zero-order valence-corrected chi connectivity index (χ0v) is 20.6. The molecule has 0 amide bonds. The van der Waals surface area contributed by atoms with Crippen LogP contribution in [0.5, 0.6) is 0 Å². The lowest BCUT2D eigenvalue weighted by Crippen LogP contribution is -2.49. The van der Waals surface area contributed by atoms with Gasteiger partial charge in [0.2, 0.25) is 0 Å². The predicted octanol–water partition coefficient (Wildman–Crippen LogP) is 4.04. The van der Waals surface area contributed by atoms with Gasteiger partial charge in [0.05, 0.1) is 23.7 Å². The van der Waals surface area contributed by atoms with Gasteiger partial charge in [-0.15, -0.1) is 0 Å². The third kappa shape index (κ3) is 6.08. The Morgan fingerprint density at radius 3 is 2.32 bits per heavy atom. The van der Waals surface area contributed by atoms with E-state index in [9.17, 15) is 15.2 Å². The molecule has 3 aromatic rings. The topological polar surface area (TPSA) is 114 Å². The number of aliphatic hydroxyl groups excluding tert-OH is 1. The SMILES string of the molecule is Nc1cccc([C@@H]2O[C@H](CN3CCN(c4ccc([N+](=O)[O-])cc4)CC3)C[C@H](c3ccc(CO)cc3)O2)c1. The zero-order chi connectivity index (χ0) is 25.8. The molecule has 9 nitrogen and oxygen atoms in total. The van der Waals surface area contributed by atoms with Crippen molar-refractivity contribution in [3.8, 4) is 0 Å². The van der Waals surface area contributed by atoms with Gasteiger partial charge in [-0.05, 0) is 35.4 Å². The maximum absolute atomic E-state index is 10.9. The van der Waals surface area contributed by atoms with E-state index in [1.54, 1.807) is 12.1 Å². The number of nitrogens with zero attached hydrogens (tertiary/aromatic N) is 3. The van der Waals surface area contributed by atoms with E-state index in [0.29, 0.717) is 5.69 Å². The first-order valence-electron chi connectivity index (χ1n) is 12.6. The average Bonchev–Trinajstić information content (AvgIpc) is 2.93. The molecule has 3 atom stereocenters. The van der Waals surface area contributed by atoms with Crippen LogP contribution in [0.1, 0.15) is 35.5 Å². The van der Waals surface area contributed by atoms with Gasteiger partial charge in [0.1, 0.15) is 0 Å². The van der Waals surface area contributed by atoms with Crippen LogP contribution in [-0.2, 0) is 16.1 Å². The third-order valence-corrected chi connectivity index (χ3v) is 7.06. The van der Waals surface area contributed by atoms with Crippen LogP contribution < -0.4 is 10.6 Å². The van der Waals surface area contributed by atoms with Crippen molar-refractivity contribution in [2.75, 3.05) is 43.4 Å². The highest BCUT2D eigenvalue weighted by molar-refractivity contribution is 5.51. The van der Waals surface area contributed by atoms with Crippen molar-refractivity contribution in [1.82, 2.24) is 4.90 Å². The monoisotopic (exact) mass is 504 g/mol. The van der Waals surface area contributed by atoms with Gasteiger partial charge in [0, 0.05) is 68.2 Å². The van der Waals surface area contributed by atoms with Gasteiger partial charge in [0.15, 0.2) is 6.29 Å². The van der Waals surface area contributed by atoms with E-state index >= 15 is 0 Å². The second-order valence-electron chi connectivity index (χ2n) is 9.58. The van der Waals surface area contributed by atoms with Crippen molar-refractivity contribution >= 4 is 17.1 Å². The summed E-state index contributed by atoms with van der Waals surface area (Å²) in [4.78, 5) is 15.2. The average molecular weight is 505 g/mol. The zero-order valence-electron chi connectivity index (χ0n) is 20.6. The van der Waals surface area contributed by atoms with Gasteiger partial charge in [-0.2, -0.15) is 0 Å². The van der Waals surface area contributed by atoms with Crippen LogP contribution in [0.25, 0.3) is 0 Å². The lowest BCUT2D eigenvalue weighted by Gasteiger charge is -2.41. The van der Waals surface area contributed by atoms with Crippen molar-refractivity contribution in [3.63, 3.8) is 0 Å². The van der Waals surface area contributed by atoms with Gasteiger partial charge in [-0.3, -0.25) is 15.0 Å². The third-order valence-electron chi connectivity index (χ3n) is 7.06. The Labute approximate surface area is 216 Å². The van der Waals surface area contributed by atoms with Gasteiger partial charge >= 0.3 is 0 Å². The maximum atomic E-state index is 10.9. The summed E-state index contributed by atoms with van der Waals surface area (Å²) in [6.07, 6.45) is 0.0268. The molecule has 0 unspecified atom stereocenters. The minimum Gasteiger partial charge on any atom is -0.399 e. The maximum Gasteiger partial charge on any atom is 0.269 e. The van der Waals surface area contributed by atoms with Crippen LogP contribution in [-0.4, -0.2) is 53.8 Å². The summed E-state index contributed by atoms with van der Waals surface area (Å²) in [5.74, 6) is 0. The quantitative estimate of drug-likeness (QED) is 0.282. The van der Waals surface area contributed by atoms with E-state index in [2.05, 4.69) is 9.80 Å². The molecule has 194 valence electrons. The lowest BCUT2D eigenvalue weighted by molar-refractivity contribution is -0.384. The Bertz CT molecular complexity index is 1200. The number of nitro benzene ring substituents is 1. The first kappa shape index (κ1) is 25.2. The van der Waals surface area contributed by atoms with Crippen molar-refractivity contribution < 1.29 is 19.5 Å². The van der Waals surface area contributed by atoms with Crippen LogP contribution >= 0.6 is 0 Å². The highest BCUT2D eigenvalue weighted by Gasteiger charge is 2.34. The molecule has 2 heterocycles. The van der Waals surface area contributed by atoms with E-state index in [-0.39, 0.29) is 29.4 Å². The highest BCUT2D eigenvalue weighted by atomic mass is 16.7. The molecule has 37 heavy (non-hydrogen) atoms. The number of nitrogens with two attached hydrogens (primary N) is 1. The number of piperazine rings is 1. The summed E-state index contributed by atoms with van der Waals surface area (Å²) in [6.45, 7) is 4.21. The fourth-order valence-electron chi connectivity index (χ4n) is 5.00. The fourth-order valence-corrected chi connectivity index (χ4v) is 5.00. The van der Waals surface area contributed by atoms with Crippen LogP contribution in [0.15, 0.2) is 72.8 Å². The number of nitrogen functional groups attached to an aromatic ring is 1. The van der Waals surface area contributed by atoms with Gasteiger partial charge in [-0.1, -0.05) is 36.4 Å². The molecule has 2 aliphatic heterocycles. The van der Waals surface area contributed by atoms with E-state index in [1.807, 2.05) is 60.7 Å². The van der Waals surface area contributed by atoms with Crippen LogP contribution in [0.4, 0.5) is 17.1 Å². The number of benzene rings is 3. The molecular weight excluding hydrogens is 472 g/mol. The van der Waals surface area contributed by atoms with Crippen LogP contribution in [0.3, 0.4) is 0 Å². The molecule has 0 bridgehead atoms. The molecule has 3 N–H and O–H groups in total. The molecule has 3 aromatic carbocycles. The van der Waals surface area contributed by atoms with E-state index in [1.165, 1.54) is 0 Å². The minimum atomic E-state index is -0.522. The molecule has 0 aliphatic carbocycles.